The van der Waals surface area contributed by atoms with Crippen molar-refractivity contribution in [2.24, 2.45) is 0 Å². The molecule has 0 bridgehead atoms. The molecule has 11 heavy (non-hydrogen) atoms. The monoisotopic (exact) mass is 167 g/mol. The van der Waals surface area contributed by atoms with E-state index in [2.05, 4.69) is 9.97 Å². The van der Waals surface area contributed by atoms with Gasteiger partial charge in [-0.3, -0.25) is 4.98 Å². The Morgan fingerprint density at radius 3 is 3.09 bits per heavy atom. The maximum atomic E-state index is 5.70. The summed E-state index contributed by atoms with van der Waals surface area (Å²) in [7, 11) is 0. The number of rotatable bonds is 0. The first kappa shape index (κ1) is 6.49. The van der Waals surface area contributed by atoms with Crippen molar-refractivity contribution in [3.05, 3.63) is 23.4 Å². The van der Waals surface area contributed by atoms with Crippen LogP contribution in [0.25, 0.3) is 11.0 Å². The van der Waals surface area contributed by atoms with E-state index in [1.165, 1.54) is 0 Å². The van der Waals surface area contributed by atoms with Gasteiger partial charge in [0, 0.05) is 12.3 Å². The summed E-state index contributed by atoms with van der Waals surface area (Å²) in [5.41, 5.74) is 7.21. The second-order valence-electron chi connectivity index (χ2n) is 2.31. The second-order valence-corrected chi connectivity index (χ2v) is 2.75. The molecule has 56 valence electrons. The van der Waals surface area contributed by atoms with E-state index in [9.17, 15) is 0 Å². The standard InChI is InChI=1S/C7H6ClN3/c8-4-1-6-5(10-3-4)2-7(9)11-6/h1-3,11H,9H2. The molecule has 3 N–H and O–H groups in total. The first-order valence-electron chi connectivity index (χ1n) is 3.15. The Balaban J connectivity index is 2.82. The van der Waals surface area contributed by atoms with Crippen LogP contribution >= 0.6 is 11.6 Å². The zero-order chi connectivity index (χ0) is 7.84. The van der Waals surface area contributed by atoms with E-state index in [4.69, 9.17) is 17.3 Å². The highest BCUT2D eigenvalue weighted by Crippen LogP contribution is 2.17. The van der Waals surface area contributed by atoms with Gasteiger partial charge in [-0.05, 0) is 6.07 Å². The topological polar surface area (TPSA) is 54.7 Å². The normalized spacial score (nSPS) is 10.6. The number of halogens is 1. The van der Waals surface area contributed by atoms with Crippen molar-refractivity contribution in [2.45, 2.75) is 0 Å². The molecular weight excluding hydrogens is 162 g/mol. The van der Waals surface area contributed by atoms with Crippen molar-refractivity contribution in [2.75, 3.05) is 5.73 Å². The van der Waals surface area contributed by atoms with Crippen molar-refractivity contribution in [3.8, 4) is 0 Å². The molecule has 0 aliphatic heterocycles. The van der Waals surface area contributed by atoms with Crippen molar-refractivity contribution >= 4 is 28.5 Å². The minimum Gasteiger partial charge on any atom is -0.385 e. The molecule has 3 nitrogen and oxygen atoms in total. The summed E-state index contributed by atoms with van der Waals surface area (Å²) in [6.07, 6.45) is 1.59. The molecule has 2 aromatic rings. The van der Waals surface area contributed by atoms with E-state index >= 15 is 0 Å². The van der Waals surface area contributed by atoms with Crippen LogP contribution < -0.4 is 5.73 Å². The van der Waals surface area contributed by atoms with Crippen molar-refractivity contribution < 1.29 is 0 Å². The van der Waals surface area contributed by atoms with Crippen LogP contribution in [0.1, 0.15) is 0 Å². The molecule has 2 heterocycles. The van der Waals surface area contributed by atoms with E-state index in [1.807, 2.05) is 0 Å². The number of H-pyrrole nitrogens is 1. The number of hydrogen-bond donors (Lipinski definition) is 2. The maximum Gasteiger partial charge on any atom is 0.103 e. The van der Waals surface area contributed by atoms with Crippen LogP contribution in [0.15, 0.2) is 18.3 Å². The number of hydrogen-bond acceptors (Lipinski definition) is 2. The molecule has 0 aromatic carbocycles. The van der Waals surface area contributed by atoms with Crippen LogP contribution in [0.5, 0.6) is 0 Å². The summed E-state index contributed by atoms with van der Waals surface area (Å²) >= 11 is 5.70. The molecule has 0 saturated heterocycles. The van der Waals surface area contributed by atoms with Crippen molar-refractivity contribution in [1.29, 1.82) is 0 Å². The van der Waals surface area contributed by atoms with Gasteiger partial charge in [0.1, 0.15) is 5.82 Å². The quantitative estimate of drug-likeness (QED) is 0.629. The molecule has 0 unspecified atom stereocenters. The summed E-state index contributed by atoms with van der Waals surface area (Å²) in [6, 6.07) is 3.56. The third-order valence-electron chi connectivity index (χ3n) is 1.46. The van der Waals surface area contributed by atoms with Crippen LogP contribution in [-0.4, -0.2) is 9.97 Å². The third kappa shape index (κ3) is 1.03. The van der Waals surface area contributed by atoms with Gasteiger partial charge in [0.2, 0.25) is 0 Å². The van der Waals surface area contributed by atoms with Crippen LogP contribution in [0, 0.1) is 0 Å². The Bertz CT molecular complexity index is 393. The van der Waals surface area contributed by atoms with E-state index in [0.29, 0.717) is 10.8 Å². The van der Waals surface area contributed by atoms with Gasteiger partial charge in [-0.15, -0.1) is 0 Å². The molecule has 0 atom stereocenters. The lowest BCUT2D eigenvalue weighted by Crippen LogP contribution is -1.80. The smallest absolute Gasteiger partial charge is 0.103 e. The number of nitrogens with two attached hydrogens (primary N) is 1. The fourth-order valence-electron chi connectivity index (χ4n) is 1.00. The largest absolute Gasteiger partial charge is 0.385 e. The number of fused-ring (bicyclic) bond motifs is 1. The molecule has 0 saturated carbocycles. The number of aromatic nitrogens is 2. The molecule has 0 radical (unpaired) electrons. The lowest BCUT2D eigenvalue weighted by molar-refractivity contribution is 1.41. The SMILES string of the molecule is Nc1cc2ncc(Cl)cc2[nH]1. The predicted molar refractivity (Wildman–Crippen MR) is 45.5 cm³/mol. The van der Waals surface area contributed by atoms with Gasteiger partial charge in [0.25, 0.3) is 0 Å². The summed E-state index contributed by atoms with van der Waals surface area (Å²) in [5, 5.41) is 0.611. The fraction of sp³-hybridized carbons (Fsp3) is 0. The van der Waals surface area contributed by atoms with Crippen LogP contribution in [0.2, 0.25) is 5.02 Å². The van der Waals surface area contributed by atoms with Crippen LogP contribution in [0.4, 0.5) is 5.82 Å². The van der Waals surface area contributed by atoms with Gasteiger partial charge in [-0.2, -0.15) is 0 Å². The molecule has 2 aromatic heterocycles. The Labute approximate surface area is 68.2 Å². The average Bonchev–Trinajstić information content (AvgIpc) is 2.27. The first-order valence-corrected chi connectivity index (χ1v) is 3.53. The highest BCUT2D eigenvalue weighted by atomic mass is 35.5. The molecular formula is C7H6ClN3. The van der Waals surface area contributed by atoms with Gasteiger partial charge in [-0.1, -0.05) is 11.6 Å². The molecule has 0 aliphatic carbocycles. The summed E-state index contributed by atoms with van der Waals surface area (Å²) in [4.78, 5) is 6.99. The van der Waals surface area contributed by atoms with Crippen LogP contribution in [-0.2, 0) is 0 Å². The van der Waals surface area contributed by atoms with Crippen molar-refractivity contribution in [1.82, 2.24) is 9.97 Å². The average molecular weight is 168 g/mol. The van der Waals surface area contributed by atoms with E-state index in [-0.39, 0.29) is 0 Å². The minimum atomic E-state index is 0.606. The van der Waals surface area contributed by atoms with Gasteiger partial charge in [0.15, 0.2) is 0 Å². The number of nitrogen functional groups attached to an aromatic ring is 1. The number of nitrogens with one attached hydrogen (secondary N) is 1. The predicted octanol–water partition coefficient (Wildman–Crippen LogP) is 1.80. The lowest BCUT2D eigenvalue weighted by atomic mass is 10.4. The van der Waals surface area contributed by atoms with E-state index in [1.54, 1.807) is 18.3 Å². The summed E-state index contributed by atoms with van der Waals surface area (Å²) in [6.45, 7) is 0. The molecule has 0 amide bonds. The summed E-state index contributed by atoms with van der Waals surface area (Å²) < 4.78 is 0. The first-order chi connectivity index (χ1) is 5.25. The van der Waals surface area contributed by atoms with Gasteiger partial charge < -0.3 is 10.7 Å². The second kappa shape index (κ2) is 2.13. The Morgan fingerprint density at radius 1 is 1.45 bits per heavy atom. The van der Waals surface area contributed by atoms with Gasteiger partial charge in [0.05, 0.1) is 16.1 Å². The van der Waals surface area contributed by atoms with E-state index < -0.39 is 0 Å². The lowest BCUT2D eigenvalue weighted by Gasteiger charge is -1.87. The molecule has 4 heteroatoms. The maximum absolute atomic E-state index is 5.70. The molecule has 0 fully saturated rings. The van der Waals surface area contributed by atoms with Crippen LogP contribution in [0.3, 0.4) is 0 Å². The van der Waals surface area contributed by atoms with E-state index in [0.717, 1.165) is 11.0 Å². The zero-order valence-corrected chi connectivity index (χ0v) is 6.39. The highest BCUT2D eigenvalue weighted by Gasteiger charge is 1.98. The Morgan fingerprint density at radius 2 is 2.27 bits per heavy atom. The molecule has 2 rings (SSSR count). The Hall–Kier alpha value is -1.22. The number of anilines is 1. The summed E-state index contributed by atoms with van der Waals surface area (Å²) in [5.74, 6) is 0.606. The number of nitrogens with zero attached hydrogens (tertiary/aromatic N) is 1. The molecule has 0 spiro atoms. The Kier molecular flexibility index (Phi) is 1.26. The highest BCUT2D eigenvalue weighted by molar-refractivity contribution is 6.31. The fourth-order valence-corrected chi connectivity index (χ4v) is 1.16. The van der Waals surface area contributed by atoms with Gasteiger partial charge in [-0.25, -0.2) is 0 Å². The molecule has 0 aliphatic rings. The number of pyridine rings is 1. The van der Waals surface area contributed by atoms with Crippen molar-refractivity contribution in [3.63, 3.8) is 0 Å². The van der Waals surface area contributed by atoms with Gasteiger partial charge >= 0.3 is 0 Å². The minimum absolute atomic E-state index is 0.606. The zero-order valence-electron chi connectivity index (χ0n) is 5.63. The third-order valence-corrected chi connectivity index (χ3v) is 1.66. The number of aromatic amines is 1.